The molecule has 0 saturated heterocycles. The summed E-state index contributed by atoms with van der Waals surface area (Å²) in [6, 6.07) is 6.43. The van der Waals surface area contributed by atoms with E-state index in [4.69, 9.17) is 0 Å². The minimum atomic E-state index is -0.232. The highest BCUT2D eigenvalue weighted by Crippen LogP contribution is 2.29. The van der Waals surface area contributed by atoms with Gasteiger partial charge in [0.15, 0.2) is 0 Å². The van der Waals surface area contributed by atoms with Crippen LogP contribution >= 0.6 is 15.9 Å². The van der Waals surface area contributed by atoms with Crippen LogP contribution < -0.4 is 5.32 Å². The molecule has 20 heavy (non-hydrogen) atoms. The smallest absolute Gasteiger partial charge is 0.144 e. The van der Waals surface area contributed by atoms with Crippen LogP contribution in [0, 0.1) is 5.82 Å². The second kappa shape index (κ2) is 6.31. The first-order chi connectivity index (χ1) is 9.51. The third kappa shape index (κ3) is 3.33. The number of halogens is 2. The van der Waals surface area contributed by atoms with Gasteiger partial charge in [0.2, 0.25) is 0 Å². The predicted molar refractivity (Wildman–Crippen MR) is 82.6 cm³/mol. The molecule has 1 aromatic heterocycles. The van der Waals surface area contributed by atoms with Crippen LogP contribution in [0.4, 0.5) is 10.2 Å². The van der Waals surface area contributed by atoms with E-state index >= 15 is 0 Å². The van der Waals surface area contributed by atoms with Gasteiger partial charge in [-0.3, -0.25) is 0 Å². The van der Waals surface area contributed by atoms with Crippen LogP contribution in [-0.4, -0.2) is 17.0 Å². The topological polar surface area (TPSA) is 37.8 Å². The fourth-order valence-corrected chi connectivity index (χ4v) is 2.76. The standard InChI is InChI=1S/C15H17BrFN3/c1-9(2)14-13(16)15(18-3)20-12(19-14)8-10-4-6-11(17)7-5-10/h4-7,9H,8H2,1-3H3,(H,18,19,20). The Hall–Kier alpha value is -1.49. The molecule has 0 unspecified atom stereocenters. The van der Waals surface area contributed by atoms with Crippen molar-refractivity contribution in [2.75, 3.05) is 12.4 Å². The molecule has 0 fully saturated rings. The van der Waals surface area contributed by atoms with Gasteiger partial charge in [0.25, 0.3) is 0 Å². The molecule has 0 atom stereocenters. The third-order valence-corrected chi connectivity index (χ3v) is 3.76. The summed E-state index contributed by atoms with van der Waals surface area (Å²) in [5.74, 6) is 1.57. The van der Waals surface area contributed by atoms with Gasteiger partial charge >= 0.3 is 0 Å². The molecule has 0 spiro atoms. The quantitative estimate of drug-likeness (QED) is 0.911. The van der Waals surface area contributed by atoms with E-state index in [1.807, 2.05) is 7.05 Å². The number of rotatable bonds is 4. The number of anilines is 1. The first-order valence-corrected chi connectivity index (χ1v) is 7.29. The van der Waals surface area contributed by atoms with Crippen LogP contribution in [0.15, 0.2) is 28.7 Å². The summed E-state index contributed by atoms with van der Waals surface area (Å²) in [6.07, 6.45) is 0.585. The molecule has 5 heteroatoms. The van der Waals surface area contributed by atoms with Gasteiger partial charge in [0.1, 0.15) is 17.5 Å². The molecule has 2 rings (SSSR count). The summed E-state index contributed by atoms with van der Waals surface area (Å²) < 4.78 is 13.8. The maximum atomic E-state index is 12.9. The lowest BCUT2D eigenvalue weighted by Gasteiger charge is -2.13. The molecule has 3 nitrogen and oxygen atoms in total. The van der Waals surface area contributed by atoms with Gasteiger partial charge < -0.3 is 5.32 Å². The van der Waals surface area contributed by atoms with E-state index in [0.717, 1.165) is 27.4 Å². The van der Waals surface area contributed by atoms with Gasteiger partial charge in [-0.15, -0.1) is 0 Å². The Kier molecular flexibility index (Phi) is 4.70. The largest absolute Gasteiger partial charge is 0.372 e. The van der Waals surface area contributed by atoms with E-state index in [-0.39, 0.29) is 5.82 Å². The Labute approximate surface area is 126 Å². The SMILES string of the molecule is CNc1nc(Cc2ccc(F)cc2)nc(C(C)C)c1Br. The van der Waals surface area contributed by atoms with Crippen molar-refractivity contribution in [1.29, 1.82) is 0 Å². The van der Waals surface area contributed by atoms with E-state index in [1.54, 1.807) is 12.1 Å². The lowest BCUT2D eigenvalue weighted by molar-refractivity contribution is 0.627. The molecule has 1 heterocycles. The van der Waals surface area contributed by atoms with Crippen LogP contribution in [0.2, 0.25) is 0 Å². The van der Waals surface area contributed by atoms with Crippen molar-refractivity contribution in [2.24, 2.45) is 0 Å². The van der Waals surface area contributed by atoms with Gasteiger partial charge in [-0.05, 0) is 39.5 Å². The van der Waals surface area contributed by atoms with Crippen LogP contribution in [0.5, 0.6) is 0 Å². The predicted octanol–water partition coefficient (Wildman–Crippen LogP) is 4.13. The molecule has 106 valence electrons. The van der Waals surface area contributed by atoms with E-state index in [2.05, 4.69) is 45.1 Å². The molecule has 1 aromatic carbocycles. The average Bonchev–Trinajstić information content (AvgIpc) is 2.42. The molecule has 0 bridgehead atoms. The molecule has 0 saturated carbocycles. The number of hydrogen-bond donors (Lipinski definition) is 1. The van der Waals surface area contributed by atoms with E-state index in [1.165, 1.54) is 12.1 Å². The minimum Gasteiger partial charge on any atom is -0.372 e. The highest BCUT2D eigenvalue weighted by atomic mass is 79.9. The van der Waals surface area contributed by atoms with Crippen molar-refractivity contribution in [2.45, 2.75) is 26.2 Å². The fourth-order valence-electron chi connectivity index (χ4n) is 1.92. The Morgan fingerprint density at radius 3 is 2.40 bits per heavy atom. The summed E-state index contributed by atoms with van der Waals surface area (Å²) in [4.78, 5) is 9.10. The van der Waals surface area contributed by atoms with Crippen molar-refractivity contribution in [1.82, 2.24) is 9.97 Å². The van der Waals surface area contributed by atoms with Gasteiger partial charge in [0, 0.05) is 13.5 Å². The number of nitrogens with zero attached hydrogens (tertiary/aromatic N) is 2. The van der Waals surface area contributed by atoms with E-state index in [9.17, 15) is 4.39 Å². The number of aromatic nitrogens is 2. The molecule has 0 aliphatic carbocycles. The number of benzene rings is 1. The van der Waals surface area contributed by atoms with Crippen molar-refractivity contribution in [3.05, 3.63) is 51.6 Å². The average molecular weight is 338 g/mol. The lowest BCUT2D eigenvalue weighted by atomic mass is 10.1. The van der Waals surface area contributed by atoms with Gasteiger partial charge in [-0.2, -0.15) is 0 Å². The molecule has 0 radical (unpaired) electrons. The summed E-state index contributed by atoms with van der Waals surface area (Å²) in [5, 5.41) is 3.07. The van der Waals surface area contributed by atoms with Crippen molar-refractivity contribution in [3.8, 4) is 0 Å². The minimum absolute atomic E-state index is 0.232. The first kappa shape index (κ1) is 14.9. The highest BCUT2D eigenvalue weighted by Gasteiger charge is 2.14. The fraction of sp³-hybridized carbons (Fsp3) is 0.333. The summed E-state index contributed by atoms with van der Waals surface area (Å²) in [7, 11) is 1.83. The van der Waals surface area contributed by atoms with E-state index < -0.39 is 0 Å². The molecule has 0 aliphatic heterocycles. The van der Waals surface area contributed by atoms with Crippen LogP contribution in [0.3, 0.4) is 0 Å². The normalized spacial score (nSPS) is 10.9. The Balaban J connectivity index is 2.36. The van der Waals surface area contributed by atoms with Crippen molar-refractivity contribution in [3.63, 3.8) is 0 Å². The second-order valence-corrected chi connectivity index (χ2v) is 5.69. The number of nitrogens with one attached hydrogen (secondary N) is 1. The van der Waals surface area contributed by atoms with Gasteiger partial charge in [-0.25, -0.2) is 14.4 Å². The number of hydrogen-bond acceptors (Lipinski definition) is 3. The van der Waals surface area contributed by atoms with Gasteiger partial charge in [-0.1, -0.05) is 26.0 Å². The van der Waals surface area contributed by atoms with Crippen molar-refractivity contribution >= 4 is 21.7 Å². The Morgan fingerprint density at radius 2 is 1.85 bits per heavy atom. The van der Waals surface area contributed by atoms with Crippen molar-refractivity contribution < 1.29 is 4.39 Å². The molecule has 0 amide bonds. The maximum absolute atomic E-state index is 12.9. The zero-order valence-electron chi connectivity index (χ0n) is 11.7. The lowest BCUT2D eigenvalue weighted by Crippen LogP contribution is -2.07. The van der Waals surface area contributed by atoms with Crippen LogP contribution in [0.25, 0.3) is 0 Å². The summed E-state index contributed by atoms with van der Waals surface area (Å²) in [5.41, 5.74) is 1.96. The molecule has 1 N–H and O–H groups in total. The third-order valence-electron chi connectivity index (χ3n) is 2.98. The Morgan fingerprint density at radius 1 is 1.20 bits per heavy atom. The highest BCUT2D eigenvalue weighted by molar-refractivity contribution is 9.10. The van der Waals surface area contributed by atoms with E-state index in [0.29, 0.717) is 12.3 Å². The zero-order chi connectivity index (χ0) is 14.7. The maximum Gasteiger partial charge on any atom is 0.144 e. The summed E-state index contributed by atoms with van der Waals surface area (Å²) >= 11 is 3.53. The van der Waals surface area contributed by atoms with Crippen LogP contribution in [-0.2, 0) is 6.42 Å². The first-order valence-electron chi connectivity index (χ1n) is 6.49. The molecular formula is C15H17BrFN3. The molecule has 2 aromatic rings. The molecular weight excluding hydrogens is 321 g/mol. The van der Waals surface area contributed by atoms with Crippen LogP contribution in [0.1, 0.15) is 36.8 Å². The second-order valence-electron chi connectivity index (χ2n) is 4.90. The Bertz CT molecular complexity index is 597. The molecule has 0 aliphatic rings. The monoisotopic (exact) mass is 337 g/mol. The summed E-state index contributed by atoms with van der Waals surface area (Å²) in [6.45, 7) is 4.18. The van der Waals surface area contributed by atoms with Gasteiger partial charge in [0.05, 0.1) is 10.2 Å². The zero-order valence-corrected chi connectivity index (χ0v) is 13.3.